The molecule has 1 unspecified atom stereocenters. The number of hydrogen-bond donors (Lipinski definition) is 0. The first kappa shape index (κ1) is 15.7. The Morgan fingerprint density at radius 2 is 1.70 bits per heavy atom. The molecule has 2 rings (SSSR count). The summed E-state index contributed by atoms with van der Waals surface area (Å²) in [6.45, 7) is 2.21. The third-order valence-electron chi connectivity index (χ3n) is 3.53. The van der Waals surface area contributed by atoms with Crippen LogP contribution in [0.25, 0.3) is 0 Å². The average molecular weight is 349 g/mol. The van der Waals surface area contributed by atoms with E-state index in [0.717, 1.165) is 5.33 Å². The molecule has 20 heavy (non-hydrogen) atoms. The minimum atomic E-state index is 0.715. The fourth-order valence-corrected chi connectivity index (χ4v) is 3.83. The van der Waals surface area contributed by atoms with Crippen molar-refractivity contribution in [1.29, 1.82) is 0 Å². The van der Waals surface area contributed by atoms with Crippen LogP contribution in [-0.2, 0) is 6.42 Å². The van der Waals surface area contributed by atoms with Gasteiger partial charge in [0.2, 0.25) is 0 Å². The molecular weight excluding hydrogens is 328 g/mol. The van der Waals surface area contributed by atoms with E-state index in [0.29, 0.717) is 5.92 Å². The lowest BCUT2D eigenvalue weighted by atomic mass is 9.96. The summed E-state index contributed by atoms with van der Waals surface area (Å²) in [5.41, 5.74) is 2.90. The largest absolute Gasteiger partial charge is 0.126 e. The number of benzene rings is 2. The van der Waals surface area contributed by atoms with Crippen molar-refractivity contribution in [1.82, 2.24) is 0 Å². The highest BCUT2D eigenvalue weighted by Crippen LogP contribution is 2.23. The van der Waals surface area contributed by atoms with E-state index in [1.165, 1.54) is 34.6 Å². The molecule has 1 atom stereocenters. The van der Waals surface area contributed by atoms with Crippen molar-refractivity contribution in [3.8, 4) is 0 Å². The van der Waals surface area contributed by atoms with Crippen LogP contribution >= 0.6 is 27.7 Å². The van der Waals surface area contributed by atoms with Crippen LogP contribution in [0.15, 0.2) is 59.5 Å². The van der Waals surface area contributed by atoms with Gasteiger partial charge in [0.1, 0.15) is 0 Å². The summed E-state index contributed by atoms with van der Waals surface area (Å²) < 4.78 is 0. The van der Waals surface area contributed by atoms with Crippen LogP contribution in [0.3, 0.4) is 0 Å². The van der Waals surface area contributed by atoms with Crippen molar-refractivity contribution in [3.63, 3.8) is 0 Å². The highest BCUT2D eigenvalue weighted by Gasteiger charge is 2.10. The van der Waals surface area contributed by atoms with Gasteiger partial charge in [-0.1, -0.05) is 58.4 Å². The van der Waals surface area contributed by atoms with Gasteiger partial charge in [-0.05, 0) is 54.7 Å². The van der Waals surface area contributed by atoms with Crippen molar-refractivity contribution >= 4 is 27.7 Å². The maximum Gasteiger partial charge on any atom is 0.00719 e. The van der Waals surface area contributed by atoms with Crippen molar-refractivity contribution < 1.29 is 0 Å². The van der Waals surface area contributed by atoms with Crippen molar-refractivity contribution in [2.75, 3.05) is 11.1 Å². The van der Waals surface area contributed by atoms with Crippen molar-refractivity contribution in [2.24, 2.45) is 5.92 Å². The lowest BCUT2D eigenvalue weighted by molar-refractivity contribution is 0.577. The predicted octanol–water partition coefficient (Wildman–Crippen LogP) is 5.73. The van der Waals surface area contributed by atoms with Crippen molar-refractivity contribution in [3.05, 3.63) is 65.7 Å². The average Bonchev–Trinajstić information content (AvgIpc) is 2.49. The minimum Gasteiger partial charge on any atom is -0.126 e. The first-order valence-electron chi connectivity index (χ1n) is 7.08. The second-order valence-electron chi connectivity index (χ2n) is 5.10. The number of rotatable bonds is 7. The van der Waals surface area contributed by atoms with Gasteiger partial charge in [-0.15, -0.1) is 11.8 Å². The van der Waals surface area contributed by atoms with Crippen LogP contribution in [0.2, 0.25) is 0 Å². The molecule has 2 aromatic carbocycles. The Bertz CT molecular complexity index is 510. The Labute approximate surface area is 135 Å². The second kappa shape index (κ2) is 8.53. The molecule has 0 heterocycles. The molecule has 0 saturated heterocycles. The van der Waals surface area contributed by atoms with Gasteiger partial charge < -0.3 is 0 Å². The molecule has 0 aromatic heterocycles. The van der Waals surface area contributed by atoms with Gasteiger partial charge in [0.05, 0.1) is 0 Å². The Morgan fingerprint density at radius 1 is 1.00 bits per heavy atom. The number of thioether (sulfide) groups is 1. The minimum absolute atomic E-state index is 0.715. The standard InChI is InChI=1S/C18H21BrS/c1-15-7-5-6-8-17(15)13-16(14-19)11-12-20-18-9-3-2-4-10-18/h2-10,16H,11-14H2,1H3. The molecule has 0 aliphatic rings. The maximum atomic E-state index is 3.68. The fraction of sp³-hybridized carbons (Fsp3) is 0.333. The van der Waals surface area contributed by atoms with Crippen LogP contribution in [0.4, 0.5) is 0 Å². The van der Waals surface area contributed by atoms with Gasteiger partial charge in [0.25, 0.3) is 0 Å². The Morgan fingerprint density at radius 3 is 2.40 bits per heavy atom. The first-order chi connectivity index (χ1) is 9.79. The van der Waals surface area contributed by atoms with E-state index < -0.39 is 0 Å². The normalized spacial score (nSPS) is 12.3. The molecule has 0 nitrogen and oxygen atoms in total. The topological polar surface area (TPSA) is 0 Å². The smallest absolute Gasteiger partial charge is 0.00719 e. The Balaban J connectivity index is 1.82. The summed E-state index contributed by atoms with van der Waals surface area (Å²) in [4.78, 5) is 1.37. The summed E-state index contributed by atoms with van der Waals surface area (Å²) in [7, 11) is 0. The lowest BCUT2D eigenvalue weighted by Gasteiger charge is -2.15. The summed E-state index contributed by atoms with van der Waals surface area (Å²) >= 11 is 5.63. The zero-order chi connectivity index (χ0) is 14.2. The number of alkyl halides is 1. The molecule has 0 saturated carbocycles. The molecule has 2 aromatic rings. The van der Waals surface area contributed by atoms with E-state index in [2.05, 4.69) is 77.5 Å². The Kier molecular flexibility index (Phi) is 6.68. The molecule has 0 amide bonds. The zero-order valence-corrected chi connectivity index (χ0v) is 14.3. The molecule has 0 aliphatic heterocycles. The van der Waals surface area contributed by atoms with Crippen LogP contribution in [0, 0.1) is 12.8 Å². The van der Waals surface area contributed by atoms with Crippen LogP contribution in [0.5, 0.6) is 0 Å². The first-order valence-corrected chi connectivity index (χ1v) is 9.18. The summed E-state index contributed by atoms with van der Waals surface area (Å²) in [6.07, 6.45) is 2.42. The molecule has 106 valence electrons. The molecule has 0 spiro atoms. The Hall–Kier alpha value is -0.730. The summed E-state index contributed by atoms with van der Waals surface area (Å²) in [5.74, 6) is 1.90. The lowest BCUT2D eigenvalue weighted by Crippen LogP contribution is -2.08. The number of aryl methyl sites for hydroxylation is 1. The van der Waals surface area contributed by atoms with Gasteiger partial charge in [-0.3, -0.25) is 0 Å². The summed E-state index contributed by atoms with van der Waals surface area (Å²) in [5, 5.41) is 1.08. The highest BCUT2D eigenvalue weighted by molar-refractivity contribution is 9.09. The van der Waals surface area contributed by atoms with Gasteiger partial charge in [0, 0.05) is 10.2 Å². The monoisotopic (exact) mass is 348 g/mol. The molecule has 0 radical (unpaired) electrons. The molecule has 0 N–H and O–H groups in total. The van der Waals surface area contributed by atoms with Crippen LogP contribution in [0.1, 0.15) is 17.5 Å². The van der Waals surface area contributed by atoms with Gasteiger partial charge >= 0.3 is 0 Å². The molecule has 0 aliphatic carbocycles. The maximum absolute atomic E-state index is 3.68. The van der Waals surface area contributed by atoms with Crippen LogP contribution in [-0.4, -0.2) is 11.1 Å². The van der Waals surface area contributed by atoms with E-state index in [1.54, 1.807) is 0 Å². The third-order valence-corrected chi connectivity index (χ3v) is 5.49. The number of halogens is 1. The molecular formula is C18H21BrS. The van der Waals surface area contributed by atoms with E-state index in [9.17, 15) is 0 Å². The molecule has 2 heteroatoms. The zero-order valence-electron chi connectivity index (χ0n) is 11.9. The fourth-order valence-electron chi connectivity index (χ4n) is 2.24. The summed E-state index contributed by atoms with van der Waals surface area (Å²) in [6, 6.07) is 19.4. The third kappa shape index (κ3) is 4.99. The SMILES string of the molecule is Cc1ccccc1CC(CBr)CCSc1ccccc1. The molecule has 0 bridgehead atoms. The van der Waals surface area contributed by atoms with E-state index in [4.69, 9.17) is 0 Å². The second-order valence-corrected chi connectivity index (χ2v) is 6.92. The van der Waals surface area contributed by atoms with Crippen molar-refractivity contribution in [2.45, 2.75) is 24.7 Å². The quantitative estimate of drug-likeness (QED) is 0.454. The van der Waals surface area contributed by atoms with E-state index >= 15 is 0 Å². The van der Waals surface area contributed by atoms with E-state index in [-0.39, 0.29) is 0 Å². The van der Waals surface area contributed by atoms with E-state index in [1.807, 2.05) is 11.8 Å². The van der Waals surface area contributed by atoms with Gasteiger partial charge in [-0.2, -0.15) is 0 Å². The van der Waals surface area contributed by atoms with Gasteiger partial charge in [-0.25, -0.2) is 0 Å². The van der Waals surface area contributed by atoms with Gasteiger partial charge in [0.15, 0.2) is 0 Å². The molecule has 0 fully saturated rings. The number of hydrogen-bond acceptors (Lipinski definition) is 1. The van der Waals surface area contributed by atoms with Crippen LogP contribution < -0.4 is 0 Å². The predicted molar refractivity (Wildman–Crippen MR) is 94.0 cm³/mol. The highest BCUT2D eigenvalue weighted by atomic mass is 79.9.